The van der Waals surface area contributed by atoms with E-state index in [9.17, 15) is 9.90 Å². The Morgan fingerprint density at radius 1 is 1.42 bits per heavy atom. The van der Waals surface area contributed by atoms with Crippen LogP contribution in [0.1, 0.15) is 30.0 Å². The zero-order valence-electron chi connectivity index (χ0n) is 11.9. The van der Waals surface area contributed by atoms with Crippen molar-refractivity contribution in [3.63, 3.8) is 0 Å². The summed E-state index contributed by atoms with van der Waals surface area (Å²) in [4.78, 5) is 10.8. The van der Waals surface area contributed by atoms with Gasteiger partial charge in [-0.15, -0.1) is 0 Å². The van der Waals surface area contributed by atoms with Gasteiger partial charge in [-0.1, -0.05) is 30.3 Å². The summed E-state index contributed by atoms with van der Waals surface area (Å²) in [5.74, 6) is -0.423. The zero-order chi connectivity index (χ0) is 14.4. The molecule has 19 heavy (non-hydrogen) atoms. The highest BCUT2D eigenvalue weighted by atomic mass is 16.5. The van der Waals surface area contributed by atoms with Crippen LogP contribution in [0.3, 0.4) is 0 Å². The second-order valence-electron chi connectivity index (χ2n) is 4.98. The first kappa shape index (κ1) is 15.4. The molecule has 0 saturated heterocycles. The Kier molecular flexibility index (Phi) is 5.77. The molecule has 0 spiro atoms. The van der Waals surface area contributed by atoms with E-state index < -0.39 is 0 Å². The molecule has 0 aliphatic carbocycles. The van der Waals surface area contributed by atoms with Crippen LogP contribution in [0.15, 0.2) is 24.8 Å². The van der Waals surface area contributed by atoms with Gasteiger partial charge in [0.05, 0.1) is 6.61 Å². The van der Waals surface area contributed by atoms with Crippen molar-refractivity contribution in [3.8, 4) is 0 Å². The van der Waals surface area contributed by atoms with Crippen molar-refractivity contribution in [2.45, 2.75) is 27.2 Å². The normalized spacial score (nSPS) is 12.0. The van der Waals surface area contributed by atoms with Crippen molar-refractivity contribution in [2.75, 3.05) is 13.2 Å². The highest BCUT2D eigenvalue weighted by Crippen LogP contribution is 2.24. The minimum absolute atomic E-state index is 0.0167. The van der Waals surface area contributed by atoms with Gasteiger partial charge in [-0.3, -0.25) is 4.79 Å². The fourth-order valence-corrected chi connectivity index (χ4v) is 2.08. The average Bonchev–Trinajstić information content (AvgIpc) is 2.33. The SMILES string of the molecule is C=C(C[C@H](CO)COC(C)=O)c1ccc(C)cc1C. The van der Waals surface area contributed by atoms with Gasteiger partial charge in [0.2, 0.25) is 0 Å². The second kappa shape index (κ2) is 7.10. The molecule has 0 saturated carbocycles. The molecule has 3 heteroatoms. The summed E-state index contributed by atoms with van der Waals surface area (Å²) in [6.45, 7) is 9.76. The van der Waals surface area contributed by atoms with Crippen molar-refractivity contribution in [3.05, 3.63) is 41.5 Å². The molecule has 0 unspecified atom stereocenters. The summed E-state index contributed by atoms with van der Waals surface area (Å²) in [5, 5.41) is 9.32. The Hall–Kier alpha value is -1.61. The average molecular weight is 262 g/mol. The maximum atomic E-state index is 10.8. The van der Waals surface area contributed by atoms with Crippen LogP contribution >= 0.6 is 0 Å². The van der Waals surface area contributed by atoms with Crippen LogP contribution in [-0.4, -0.2) is 24.3 Å². The molecule has 1 N–H and O–H groups in total. The molecular formula is C16H22O3. The topological polar surface area (TPSA) is 46.5 Å². The fourth-order valence-electron chi connectivity index (χ4n) is 2.08. The van der Waals surface area contributed by atoms with Crippen LogP contribution in [0.25, 0.3) is 5.57 Å². The van der Waals surface area contributed by atoms with E-state index in [1.807, 2.05) is 19.1 Å². The van der Waals surface area contributed by atoms with E-state index in [-0.39, 0.29) is 25.1 Å². The second-order valence-corrected chi connectivity index (χ2v) is 4.98. The van der Waals surface area contributed by atoms with Crippen LogP contribution in [0, 0.1) is 19.8 Å². The molecule has 0 aliphatic rings. The van der Waals surface area contributed by atoms with Gasteiger partial charge in [-0.25, -0.2) is 0 Å². The van der Waals surface area contributed by atoms with Crippen molar-refractivity contribution >= 4 is 11.5 Å². The van der Waals surface area contributed by atoms with Crippen LogP contribution in [0.4, 0.5) is 0 Å². The Morgan fingerprint density at radius 2 is 2.11 bits per heavy atom. The highest BCUT2D eigenvalue weighted by molar-refractivity contribution is 5.67. The fraction of sp³-hybridized carbons (Fsp3) is 0.438. The number of hydrogen-bond donors (Lipinski definition) is 1. The number of hydrogen-bond acceptors (Lipinski definition) is 3. The number of aliphatic hydroxyl groups is 1. The molecule has 1 aromatic carbocycles. The van der Waals surface area contributed by atoms with Crippen LogP contribution in [0.5, 0.6) is 0 Å². The summed E-state index contributed by atoms with van der Waals surface area (Å²) in [6, 6.07) is 6.21. The molecular weight excluding hydrogens is 240 g/mol. The van der Waals surface area contributed by atoms with E-state index in [1.54, 1.807) is 0 Å². The van der Waals surface area contributed by atoms with Gasteiger partial charge >= 0.3 is 5.97 Å². The molecule has 1 rings (SSSR count). The molecule has 0 amide bonds. The van der Waals surface area contributed by atoms with Gasteiger partial charge in [0.1, 0.15) is 0 Å². The summed E-state index contributed by atoms with van der Waals surface area (Å²) in [5.41, 5.74) is 4.46. The summed E-state index contributed by atoms with van der Waals surface area (Å²) in [6.07, 6.45) is 0.619. The van der Waals surface area contributed by atoms with Gasteiger partial charge < -0.3 is 9.84 Å². The molecule has 1 atom stereocenters. The number of aryl methyl sites for hydroxylation is 2. The molecule has 104 valence electrons. The number of ether oxygens (including phenoxy) is 1. The Balaban J connectivity index is 2.69. The first-order valence-electron chi connectivity index (χ1n) is 6.43. The number of carbonyl (C=O) groups is 1. The Bertz CT molecular complexity index is 463. The van der Waals surface area contributed by atoms with Gasteiger partial charge in [0, 0.05) is 19.4 Å². The van der Waals surface area contributed by atoms with Crippen molar-refractivity contribution in [2.24, 2.45) is 5.92 Å². The van der Waals surface area contributed by atoms with Crippen molar-refractivity contribution in [1.82, 2.24) is 0 Å². The van der Waals surface area contributed by atoms with E-state index >= 15 is 0 Å². The number of esters is 1. The van der Waals surface area contributed by atoms with E-state index in [0.29, 0.717) is 6.42 Å². The van der Waals surface area contributed by atoms with E-state index in [2.05, 4.69) is 19.6 Å². The Labute approximate surface area is 114 Å². The molecule has 3 nitrogen and oxygen atoms in total. The summed E-state index contributed by atoms with van der Waals surface area (Å²) in [7, 11) is 0. The zero-order valence-corrected chi connectivity index (χ0v) is 11.9. The lowest BCUT2D eigenvalue weighted by Crippen LogP contribution is -2.16. The lowest BCUT2D eigenvalue weighted by atomic mass is 9.93. The maximum absolute atomic E-state index is 10.8. The molecule has 1 aromatic rings. The largest absolute Gasteiger partial charge is 0.465 e. The molecule has 0 aliphatic heterocycles. The van der Waals surface area contributed by atoms with Crippen LogP contribution < -0.4 is 0 Å². The Morgan fingerprint density at radius 3 is 2.63 bits per heavy atom. The highest BCUT2D eigenvalue weighted by Gasteiger charge is 2.13. The van der Waals surface area contributed by atoms with Gasteiger partial charge in [0.25, 0.3) is 0 Å². The predicted octanol–water partition coefficient (Wildman–Crippen LogP) is 2.88. The van der Waals surface area contributed by atoms with Crippen molar-refractivity contribution < 1.29 is 14.6 Å². The van der Waals surface area contributed by atoms with E-state index in [0.717, 1.165) is 11.1 Å². The third-order valence-electron chi connectivity index (χ3n) is 3.08. The molecule has 0 bridgehead atoms. The monoisotopic (exact) mass is 262 g/mol. The third-order valence-corrected chi connectivity index (χ3v) is 3.08. The van der Waals surface area contributed by atoms with Crippen molar-refractivity contribution in [1.29, 1.82) is 0 Å². The standard InChI is InChI=1S/C16H22O3/c1-11-5-6-16(12(2)7-11)13(3)8-15(9-17)10-19-14(4)18/h5-7,15,17H,3,8-10H2,1-2,4H3/t15-/m1/s1. The lowest BCUT2D eigenvalue weighted by molar-refractivity contribution is -0.142. The first-order chi connectivity index (χ1) is 8.93. The van der Waals surface area contributed by atoms with E-state index in [1.165, 1.54) is 18.1 Å². The maximum Gasteiger partial charge on any atom is 0.302 e. The van der Waals surface area contributed by atoms with E-state index in [4.69, 9.17) is 4.74 Å². The molecule has 0 fully saturated rings. The predicted molar refractivity (Wildman–Crippen MR) is 76.8 cm³/mol. The van der Waals surface area contributed by atoms with Crippen LogP contribution in [-0.2, 0) is 9.53 Å². The number of allylic oxidation sites excluding steroid dienone is 1. The number of rotatable bonds is 6. The molecule has 0 radical (unpaired) electrons. The lowest BCUT2D eigenvalue weighted by Gasteiger charge is -2.17. The third kappa shape index (κ3) is 4.87. The molecule has 0 aromatic heterocycles. The van der Waals surface area contributed by atoms with Crippen LogP contribution in [0.2, 0.25) is 0 Å². The minimum Gasteiger partial charge on any atom is -0.465 e. The smallest absolute Gasteiger partial charge is 0.302 e. The van der Waals surface area contributed by atoms with Gasteiger partial charge in [0.15, 0.2) is 0 Å². The number of carbonyl (C=O) groups excluding carboxylic acids is 1. The quantitative estimate of drug-likeness (QED) is 0.802. The summed E-state index contributed by atoms with van der Waals surface area (Å²) >= 11 is 0. The molecule has 0 heterocycles. The first-order valence-corrected chi connectivity index (χ1v) is 6.43. The summed E-state index contributed by atoms with van der Waals surface area (Å²) < 4.78 is 4.94. The number of aliphatic hydroxyl groups excluding tert-OH is 1. The van der Waals surface area contributed by atoms with Gasteiger partial charge in [-0.2, -0.15) is 0 Å². The van der Waals surface area contributed by atoms with Gasteiger partial charge in [-0.05, 0) is 37.0 Å². The minimum atomic E-state index is -0.324. The number of benzene rings is 1.